The molecule has 0 fully saturated rings. The van der Waals surface area contributed by atoms with Gasteiger partial charge in [-0.2, -0.15) is 0 Å². The van der Waals surface area contributed by atoms with Gasteiger partial charge in [0.25, 0.3) is 11.8 Å². The molecule has 2 aromatic carbocycles. The first kappa shape index (κ1) is 17.9. The minimum Gasteiger partial charge on any atom is -0.347 e. The molecule has 24 heavy (non-hydrogen) atoms. The van der Waals surface area contributed by atoms with E-state index in [4.69, 9.17) is 0 Å². The molecular formula is C19H26N3O2+. The Bertz CT molecular complexity index is 729. The first-order valence-electron chi connectivity index (χ1n) is 8.14. The Kier molecular flexibility index (Phi) is 5.57. The summed E-state index contributed by atoms with van der Waals surface area (Å²) in [4.78, 5) is 25.0. The van der Waals surface area contributed by atoms with Crippen LogP contribution in [0.1, 0.15) is 20.8 Å². The molecule has 2 amide bonds. The zero-order valence-corrected chi connectivity index (χ0v) is 14.8. The molecule has 3 N–H and O–H groups in total. The molecule has 0 aromatic heterocycles. The van der Waals surface area contributed by atoms with Crippen LogP contribution in [-0.4, -0.2) is 37.5 Å². The third-order valence-electron chi connectivity index (χ3n) is 3.50. The van der Waals surface area contributed by atoms with Crippen LogP contribution >= 0.6 is 0 Å². The lowest BCUT2D eigenvalue weighted by Crippen LogP contribution is -3.11. The van der Waals surface area contributed by atoms with E-state index in [1.54, 1.807) is 0 Å². The fraction of sp³-hybridized carbons (Fsp3) is 0.368. The van der Waals surface area contributed by atoms with Gasteiger partial charge < -0.3 is 15.5 Å². The van der Waals surface area contributed by atoms with Gasteiger partial charge in [-0.15, -0.1) is 0 Å². The van der Waals surface area contributed by atoms with E-state index in [1.807, 2.05) is 70.3 Å². The van der Waals surface area contributed by atoms with Gasteiger partial charge in [0.15, 0.2) is 13.1 Å². The summed E-state index contributed by atoms with van der Waals surface area (Å²) in [6.45, 7) is 6.31. The SMILES string of the molecule is C[NH+](CC(=O)Nc1cccc2ccccc12)CC(=O)NC(C)(C)C. The maximum absolute atomic E-state index is 12.3. The molecule has 0 heterocycles. The molecule has 0 aliphatic heterocycles. The first-order chi connectivity index (χ1) is 11.2. The predicted molar refractivity (Wildman–Crippen MR) is 97.1 cm³/mol. The fourth-order valence-electron chi connectivity index (χ4n) is 2.60. The molecule has 0 saturated heterocycles. The van der Waals surface area contributed by atoms with E-state index < -0.39 is 0 Å². The average molecular weight is 328 g/mol. The molecule has 2 aromatic rings. The maximum atomic E-state index is 12.3. The third kappa shape index (κ3) is 5.35. The summed E-state index contributed by atoms with van der Waals surface area (Å²) in [6.07, 6.45) is 0. The third-order valence-corrected chi connectivity index (χ3v) is 3.50. The number of rotatable bonds is 5. The summed E-state index contributed by atoms with van der Waals surface area (Å²) in [7, 11) is 1.84. The Morgan fingerprint density at radius 2 is 1.58 bits per heavy atom. The van der Waals surface area contributed by atoms with Crippen LogP contribution in [0.4, 0.5) is 5.69 Å². The summed E-state index contributed by atoms with van der Waals surface area (Å²) < 4.78 is 0. The lowest BCUT2D eigenvalue weighted by molar-refractivity contribution is -0.862. The molecule has 0 spiro atoms. The van der Waals surface area contributed by atoms with E-state index in [9.17, 15) is 9.59 Å². The lowest BCUT2D eigenvalue weighted by atomic mass is 10.1. The highest BCUT2D eigenvalue weighted by molar-refractivity contribution is 6.02. The molecule has 2 rings (SSSR count). The van der Waals surface area contributed by atoms with Gasteiger partial charge in [-0.1, -0.05) is 36.4 Å². The van der Waals surface area contributed by atoms with Crippen molar-refractivity contribution in [1.82, 2.24) is 5.32 Å². The van der Waals surface area contributed by atoms with Gasteiger partial charge in [0.05, 0.1) is 7.05 Å². The second-order valence-electron chi connectivity index (χ2n) is 7.18. The number of anilines is 1. The molecule has 1 unspecified atom stereocenters. The normalized spacial score (nSPS) is 12.7. The number of quaternary nitrogens is 1. The summed E-state index contributed by atoms with van der Waals surface area (Å²) in [6, 6.07) is 13.7. The van der Waals surface area contributed by atoms with Gasteiger partial charge in [-0.05, 0) is 32.2 Å². The average Bonchev–Trinajstić information content (AvgIpc) is 2.45. The molecule has 0 saturated carbocycles. The van der Waals surface area contributed by atoms with E-state index in [1.165, 1.54) is 0 Å². The number of hydrogen-bond acceptors (Lipinski definition) is 2. The Morgan fingerprint density at radius 1 is 0.958 bits per heavy atom. The van der Waals surface area contributed by atoms with Crippen LogP contribution in [0.2, 0.25) is 0 Å². The zero-order valence-electron chi connectivity index (χ0n) is 14.8. The van der Waals surface area contributed by atoms with Crippen LogP contribution < -0.4 is 15.5 Å². The van der Waals surface area contributed by atoms with Crippen molar-refractivity contribution in [3.8, 4) is 0 Å². The molecular weight excluding hydrogens is 302 g/mol. The summed E-state index contributed by atoms with van der Waals surface area (Å²) in [5.74, 6) is -0.162. The molecule has 128 valence electrons. The molecule has 0 aliphatic rings. The van der Waals surface area contributed by atoms with Crippen molar-refractivity contribution in [3.63, 3.8) is 0 Å². The standard InChI is InChI=1S/C19H25N3O2/c1-19(2,3)21-18(24)13-22(4)12-17(23)20-16-11-7-9-14-8-5-6-10-15(14)16/h5-11H,12-13H2,1-4H3,(H,20,23)(H,21,24)/p+1. The van der Waals surface area contributed by atoms with E-state index in [0.717, 1.165) is 21.4 Å². The van der Waals surface area contributed by atoms with Crippen LogP contribution in [0.15, 0.2) is 42.5 Å². The number of amides is 2. The van der Waals surface area contributed by atoms with Gasteiger partial charge in [-0.3, -0.25) is 9.59 Å². The van der Waals surface area contributed by atoms with Crippen LogP contribution in [-0.2, 0) is 9.59 Å². The van der Waals surface area contributed by atoms with Gasteiger partial charge in [0.2, 0.25) is 0 Å². The molecule has 0 bridgehead atoms. The Balaban J connectivity index is 1.94. The molecule has 0 radical (unpaired) electrons. The number of benzene rings is 2. The highest BCUT2D eigenvalue weighted by Gasteiger charge is 2.19. The second kappa shape index (κ2) is 7.45. The molecule has 1 atom stereocenters. The molecule has 5 nitrogen and oxygen atoms in total. The molecule has 0 aliphatic carbocycles. The number of hydrogen-bond donors (Lipinski definition) is 3. The minimum atomic E-state index is -0.261. The van der Waals surface area contributed by atoms with Crippen molar-refractivity contribution in [2.24, 2.45) is 0 Å². The van der Waals surface area contributed by atoms with Gasteiger partial charge >= 0.3 is 0 Å². The first-order valence-corrected chi connectivity index (χ1v) is 8.14. The maximum Gasteiger partial charge on any atom is 0.279 e. The minimum absolute atomic E-state index is 0.0574. The van der Waals surface area contributed by atoms with Crippen molar-refractivity contribution in [2.45, 2.75) is 26.3 Å². The number of fused-ring (bicyclic) bond motifs is 1. The Labute approximate surface area is 143 Å². The number of nitrogens with one attached hydrogen (secondary N) is 3. The lowest BCUT2D eigenvalue weighted by Gasteiger charge is -2.21. The topological polar surface area (TPSA) is 62.6 Å². The predicted octanol–water partition coefficient (Wildman–Crippen LogP) is 1.21. The quantitative estimate of drug-likeness (QED) is 0.772. The van der Waals surface area contributed by atoms with Crippen molar-refractivity contribution in [3.05, 3.63) is 42.5 Å². The Hall–Kier alpha value is -2.40. The van der Waals surface area contributed by atoms with Crippen molar-refractivity contribution >= 4 is 28.3 Å². The van der Waals surface area contributed by atoms with Crippen LogP contribution in [0.3, 0.4) is 0 Å². The number of carbonyl (C=O) groups excluding carboxylic acids is 2. The van der Waals surface area contributed by atoms with Gasteiger partial charge in [0.1, 0.15) is 0 Å². The van der Waals surface area contributed by atoms with Crippen molar-refractivity contribution in [2.75, 3.05) is 25.5 Å². The van der Waals surface area contributed by atoms with Crippen molar-refractivity contribution < 1.29 is 14.5 Å². The second-order valence-corrected chi connectivity index (χ2v) is 7.18. The van der Waals surface area contributed by atoms with Gasteiger partial charge in [0, 0.05) is 16.6 Å². The highest BCUT2D eigenvalue weighted by atomic mass is 16.2. The number of carbonyl (C=O) groups is 2. The van der Waals surface area contributed by atoms with Crippen molar-refractivity contribution in [1.29, 1.82) is 0 Å². The monoisotopic (exact) mass is 328 g/mol. The Morgan fingerprint density at radius 3 is 2.29 bits per heavy atom. The highest BCUT2D eigenvalue weighted by Crippen LogP contribution is 2.22. The van der Waals surface area contributed by atoms with Crippen LogP contribution in [0.5, 0.6) is 0 Å². The van der Waals surface area contributed by atoms with Crippen LogP contribution in [0, 0.1) is 0 Å². The van der Waals surface area contributed by atoms with E-state index in [0.29, 0.717) is 0 Å². The smallest absolute Gasteiger partial charge is 0.279 e. The van der Waals surface area contributed by atoms with Crippen LogP contribution in [0.25, 0.3) is 10.8 Å². The van der Waals surface area contributed by atoms with E-state index in [2.05, 4.69) is 10.6 Å². The van der Waals surface area contributed by atoms with E-state index in [-0.39, 0.29) is 30.4 Å². The summed E-state index contributed by atoms with van der Waals surface area (Å²) in [5.41, 5.74) is 0.535. The summed E-state index contributed by atoms with van der Waals surface area (Å²) in [5, 5.41) is 7.95. The van der Waals surface area contributed by atoms with Gasteiger partial charge in [-0.25, -0.2) is 0 Å². The fourth-order valence-corrected chi connectivity index (χ4v) is 2.60. The summed E-state index contributed by atoms with van der Waals surface area (Å²) >= 11 is 0. The van der Waals surface area contributed by atoms with E-state index >= 15 is 0 Å². The largest absolute Gasteiger partial charge is 0.347 e. The number of likely N-dealkylation sites (N-methyl/N-ethyl adjacent to an activating group) is 1. The molecule has 5 heteroatoms. The zero-order chi connectivity index (χ0) is 17.7.